The Morgan fingerprint density at radius 3 is 1.56 bits per heavy atom. The van der Waals surface area contributed by atoms with Crippen LogP contribution < -0.4 is 0 Å². The normalized spacial score (nSPS) is 16.4. The number of ether oxygens (including phenoxy) is 3. The van der Waals surface area contributed by atoms with Gasteiger partial charge in [-0.15, -0.1) is 0 Å². The molecule has 1 saturated heterocycles. The number of carbonyl (C=O) groups excluding carboxylic acids is 2. The maximum absolute atomic E-state index is 12.2. The third kappa shape index (κ3) is 29.5. The molecule has 0 spiro atoms. The van der Waals surface area contributed by atoms with E-state index in [2.05, 4.69) is 26.0 Å². The number of hydrogen-bond donors (Lipinski definition) is 1. The van der Waals surface area contributed by atoms with E-state index in [1.165, 1.54) is 128 Å². The first kappa shape index (κ1) is 44.6. The predicted octanol–water partition coefficient (Wildman–Crippen LogP) is 11.9. The number of carbonyl (C=O) groups is 2. The number of epoxide rings is 1. The highest BCUT2D eigenvalue weighted by Gasteiger charge is 2.36. The van der Waals surface area contributed by atoms with Crippen LogP contribution in [0.25, 0.3) is 0 Å². The summed E-state index contributed by atoms with van der Waals surface area (Å²) in [4.78, 5) is 24.3. The zero-order valence-corrected chi connectivity index (χ0v) is 31.7. The van der Waals surface area contributed by atoms with Crippen molar-refractivity contribution in [3.05, 3.63) is 12.2 Å². The Bertz CT molecular complexity index is 752. The van der Waals surface area contributed by atoms with Crippen LogP contribution in [0.5, 0.6) is 0 Å². The SMILES string of the molecule is CCCCC/C=C\CC1OC1CCCCCCCC(=O)OC[C@H](CO)OC(=O)CCCCCCCCCCCCCCCCCCCC. The lowest BCUT2D eigenvalue weighted by molar-refractivity contribution is -0.161. The smallest absolute Gasteiger partial charge is 0.306 e. The van der Waals surface area contributed by atoms with E-state index in [0.29, 0.717) is 25.0 Å². The standard InChI is InChI=1S/C42H78O6/c1-3-5-7-9-11-12-13-14-15-16-17-18-19-20-21-22-26-31-35-42(45)47-38(36-43)37-46-41(44)34-30-27-23-25-29-33-40-39(48-40)32-28-24-10-8-6-4-2/h24,28,38-40,43H,3-23,25-27,29-37H2,1-2H3/b28-24-/t38-,39?,40?/m0/s1. The number of esters is 2. The van der Waals surface area contributed by atoms with Gasteiger partial charge in [-0.2, -0.15) is 0 Å². The van der Waals surface area contributed by atoms with Gasteiger partial charge in [0.15, 0.2) is 6.10 Å². The van der Waals surface area contributed by atoms with E-state index in [0.717, 1.165) is 57.8 Å². The monoisotopic (exact) mass is 679 g/mol. The van der Waals surface area contributed by atoms with Gasteiger partial charge in [0, 0.05) is 12.8 Å². The highest BCUT2D eigenvalue weighted by molar-refractivity contribution is 5.70. The summed E-state index contributed by atoms with van der Waals surface area (Å²) in [5, 5.41) is 9.57. The van der Waals surface area contributed by atoms with Crippen molar-refractivity contribution >= 4 is 11.9 Å². The summed E-state index contributed by atoms with van der Waals surface area (Å²) in [5.74, 6) is -0.603. The molecule has 0 aromatic heterocycles. The van der Waals surface area contributed by atoms with Crippen molar-refractivity contribution in [3.63, 3.8) is 0 Å². The fourth-order valence-electron chi connectivity index (χ4n) is 6.44. The molecule has 1 heterocycles. The summed E-state index contributed by atoms with van der Waals surface area (Å²) in [5.41, 5.74) is 0. The molecule has 0 aromatic carbocycles. The molecule has 0 aromatic rings. The molecule has 282 valence electrons. The molecule has 2 unspecified atom stereocenters. The highest BCUT2D eigenvalue weighted by atomic mass is 16.6. The minimum Gasteiger partial charge on any atom is -0.462 e. The van der Waals surface area contributed by atoms with Crippen LogP contribution in [0, 0.1) is 0 Å². The van der Waals surface area contributed by atoms with Crippen LogP contribution in [0.4, 0.5) is 0 Å². The minimum absolute atomic E-state index is 0.0727. The highest BCUT2D eigenvalue weighted by Crippen LogP contribution is 2.30. The van der Waals surface area contributed by atoms with Crippen molar-refractivity contribution in [2.75, 3.05) is 13.2 Å². The quantitative estimate of drug-likeness (QED) is 0.0305. The van der Waals surface area contributed by atoms with Gasteiger partial charge in [-0.05, 0) is 38.5 Å². The molecule has 3 atom stereocenters. The summed E-state index contributed by atoms with van der Waals surface area (Å²) in [7, 11) is 0. The van der Waals surface area contributed by atoms with E-state index >= 15 is 0 Å². The Morgan fingerprint density at radius 1 is 0.583 bits per heavy atom. The number of rotatable bonds is 37. The molecule has 0 bridgehead atoms. The zero-order chi connectivity index (χ0) is 34.8. The lowest BCUT2D eigenvalue weighted by Gasteiger charge is -2.15. The zero-order valence-electron chi connectivity index (χ0n) is 31.7. The maximum Gasteiger partial charge on any atom is 0.306 e. The van der Waals surface area contributed by atoms with Crippen molar-refractivity contribution in [2.45, 2.75) is 231 Å². The number of allylic oxidation sites excluding steroid dienone is 1. The number of aliphatic hydroxyl groups is 1. The van der Waals surface area contributed by atoms with Crippen molar-refractivity contribution in [1.29, 1.82) is 0 Å². The Labute approximate surface area is 296 Å². The van der Waals surface area contributed by atoms with Crippen LogP contribution in [0.1, 0.15) is 213 Å². The molecule has 0 amide bonds. The van der Waals surface area contributed by atoms with Crippen LogP contribution in [0.15, 0.2) is 12.2 Å². The Hall–Kier alpha value is -1.40. The average molecular weight is 679 g/mol. The van der Waals surface area contributed by atoms with Gasteiger partial charge in [0.2, 0.25) is 0 Å². The second kappa shape index (κ2) is 34.1. The van der Waals surface area contributed by atoms with Crippen LogP contribution in [0.3, 0.4) is 0 Å². The average Bonchev–Trinajstić information content (AvgIpc) is 3.84. The molecule has 1 aliphatic heterocycles. The van der Waals surface area contributed by atoms with Crippen molar-refractivity contribution in [1.82, 2.24) is 0 Å². The largest absolute Gasteiger partial charge is 0.462 e. The van der Waals surface area contributed by atoms with Gasteiger partial charge in [0.25, 0.3) is 0 Å². The lowest BCUT2D eigenvalue weighted by atomic mass is 10.0. The van der Waals surface area contributed by atoms with Crippen molar-refractivity contribution < 1.29 is 28.9 Å². The van der Waals surface area contributed by atoms with Gasteiger partial charge < -0.3 is 19.3 Å². The molecule has 0 saturated carbocycles. The summed E-state index contributed by atoms with van der Waals surface area (Å²) in [6.45, 7) is 4.11. The van der Waals surface area contributed by atoms with Crippen LogP contribution in [-0.4, -0.2) is 48.6 Å². The van der Waals surface area contributed by atoms with Gasteiger partial charge in [-0.3, -0.25) is 9.59 Å². The second-order valence-corrected chi connectivity index (χ2v) is 14.5. The molecule has 1 N–H and O–H groups in total. The molecule has 0 radical (unpaired) electrons. The van der Waals surface area contributed by atoms with Crippen LogP contribution in [0.2, 0.25) is 0 Å². The van der Waals surface area contributed by atoms with Crippen LogP contribution in [-0.2, 0) is 23.8 Å². The first-order valence-electron chi connectivity index (χ1n) is 20.9. The van der Waals surface area contributed by atoms with E-state index in [1.807, 2.05) is 0 Å². The first-order valence-corrected chi connectivity index (χ1v) is 20.9. The van der Waals surface area contributed by atoms with Gasteiger partial charge >= 0.3 is 11.9 Å². The predicted molar refractivity (Wildman–Crippen MR) is 200 cm³/mol. The second-order valence-electron chi connectivity index (χ2n) is 14.5. The molecular formula is C42H78O6. The molecule has 6 nitrogen and oxygen atoms in total. The molecule has 0 aliphatic carbocycles. The topological polar surface area (TPSA) is 85.4 Å². The fraction of sp³-hybridized carbons (Fsp3) is 0.905. The van der Waals surface area contributed by atoms with Gasteiger partial charge in [-0.1, -0.05) is 174 Å². The summed E-state index contributed by atoms with van der Waals surface area (Å²) in [6.07, 6.45) is 41.5. The Balaban J connectivity index is 1.85. The first-order chi connectivity index (χ1) is 23.6. The Kier molecular flexibility index (Phi) is 31.7. The minimum atomic E-state index is -0.776. The summed E-state index contributed by atoms with van der Waals surface area (Å²) in [6, 6.07) is 0. The molecule has 48 heavy (non-hydrogen) atoms. The fourth-order valence-corrected chi connectivity index (χ4v) is 6.44. The third-order valence-electron chi connectivity index (χ3n) is 9.73. The number of hydrogen-bond acceptors (Lipinski definition) is 6. The van der Waals surface area contributed by atoms with Crippen LogP contribution >= 0.6 is 0 Å². The molecular weight excluding hydrogens is 600 g/mol. The van der Waals surface area contributed by atoms with Crippen molar-refractivity contribution in [2.24, 2.45) is 0 Å². The van der Waals surface area contributed by atoms with Gasteiger partial charge in [0.1, 0.15) is 6.61 Å². The van der Waals surface area contributed by atoms with Gasteiger partial charge in [-0.25, -0.2) is 0 Å². The van der Waals surface area contributed by atoms with E-state index in [9.17, 15) is 14.7 Å². The van der Waals surface area contributed by atoms with Gasteiger partial charge in [0.05, 0.1) is 18.8 Å². The Morgan fingerprint density at radius 2 is 1.04 bits per heavy atom. The number of unbranched alkanes of at least 4 members (excludes halogenated alkanes) is 24. The molecule has 6 heteroatoms. The van der Waals surface area contributed by atoms with Crippen molar-refractivity contribution in [3.8, 4) is 0 Å². The van der Waals surface area contributed by atoms with E-state index in [4.69, 9.17) is 14.2 Å². The van der Waals surface area contributed by atoms with E-state index in [-0.39, 0.29) is 25.2 Å². The summed E-state index contributed by atoms with van der Waals surface area (Å²) < 4.78 is 16.4. The number of aliphatic hydroxyl groups excluding tert-OH is 1. The summed E-state index contributed by atoms with van der Waals surface area (Å²) >= 11 is 0. The molecule has 1 rings (SSSR count). The third-order valence-corrected chi connectivity index (χ3v) is 9.73. The lowest BCUT2D eigenvalue weighted by Crippen LogP contribution is -2.28. The molecule has 1 aliphatic rings. The van der Waals surface area contributed by atoms with E-state index in [1.54, 1.807) is 0 Å². The maximum atomic E-state index is 12.2. The molecule has 1 fully saturated rings. The van der Waals surface area contributed by atoms with E-state index < -0.39 is 6.10 Å².